The van der Waals surface area contributed by atoms with Crippen molar-refractivity contribution in [2.24, 2.45) is 39.7 Å². The molecular formula is C24H37ClN2O3. The molecule has 0 aromatic carbocycles. The fourth-order valence-electron chi connectivity index (χ4n) is 7.75. The van der Waals surface area contributed by atoms with Crippen molar-refractivity contribution < 1.29 is 14.4 Å². The quantitative estimate of drug-likeness (QED) is 0.654. The lowest BCUT2D eigenvalue weighted by Gasteiger charge is -2.58. The Morgan fingerprint density at radius 2 is 1.73 bits per heavy atom. The van der Waals surface area contributed by atoms with E-state index in [1.807, 2.05) is 0 Å². The van der Waals surface area contributed by atoms with E-state index in [1.165, 1.54) is 0 Å². The molecular weight excluding hydrogens is 400 g/mol. The Labute approximate surface area is 186 Å². The SMILES string of the molecule is C[C@]12CC/C(=N\OC3CCNCC3)C[C@@H]1C(=O)C[C@@H]1[C@@H]2CC[C@]2(C)C(=O)CC[C@@H]12.Cl. The topological polar surface area (TPSA) is 67.8 Å². The van der Waals surface area contributed by atoms with Crippen molar-refractivity contribution in [1.29, 1.82) is 0 Å². The highest BCUT2D eigenvalue weighted by Crippen LogP contribution is 2.64. The van der Waals surface area contributed by atoms with E-state index in [2.05, 4.69) is 24.3 Å². The van der Waals surface area contributed by atoms with Crippen molar-refractivity contribution in [1.82, 2.24) is 5.32 Å². The number of fused-ring (bicyclic) bond motifs is 5. The molecule has 0 aromatic rings. The van der Waals surface area contributed by atoms with Gasteiger partial charge < -0.3 is 10.2 Å². The minimum atomic E-state index is -0.158. The molecule has 5 fully saturated rings. The van der Waals surface area contributed by atoms with E-state index in [9.17, 15) is 9.59 Å². The van der Waals surface area contributed by atoms with Gasteiger partial charge in [-0.25, -0.2) is 0 Å². The molecule has 0 amide bonds. The van der Waals surface area contributed by atoms with Gasteiger partial charge in [-0.3, -0.25) is 9.59 Å². The summed E-state index contributed by atoms with van der Waals surface area (Å²) >= 11 is 0. The lowest BCUT2D eigenvalue weighted by molar-refractivity contribution is -0.152. The first-order chi connectivity index (χ1) is 13.9. The van der Waals surface area contributed by atoms with Crippen molar-refractivity contribution in [2.45, 2.75) is 84.2 Å². The third kappa shape index (κ3) is 3.44. The standard InChI is InChI=1S/C24H36N2O3.ClH/c1-23-9-5-15(26-29-16-7-11-25-12-8-16)13-20(23)21(27)14-17-18-3-4-22(28)24(18,2)10-6-19(17)23;/h16-20,25H,3-14H2,1-2H3;1H/b26-15+;/t17-,18-,19-,20+,23+,24-;/m0./s1. The fourth-order valence-corrected chi connectivity index (χ4v) is 7.75. The minimum absolute atomic E-state index is 0. The van der Waals surface area contributed by atoms with Crippen molar-refractivity contribution in [3.8, 4) is 0 Å². The van der Waals surface area contributed by atoms with E-state index in [4.69, 9.17) is 4.84 Å². The van der Waals surface area contributed by atoms with Crippen LogP contribution in [0.15, 0.2) is 5.16 Å². The Morgan fingerprint density at radius 3 is 2.50 bits per heavy atom. The second-order valence-electron chi connectivity index (χ2n) is 10.9. The second-order valence-corrected chi connectivity index (χ2v) is 10.9. The summed E-state index contributed by atoms with van der Waals surface area (Å²) in [6.07, 6.45) is 9.57. The monoisotopic (exact) mass is 436 g/mol. The molecule has 0 unspecified atom stereocenters. The van der Waals surface area contributed by atoms with Crippen LogP contribution in [0.2, 0.25) is 0 Å². The van der Waals surface area contributed by atoms with Gasteiger partial charge in [0.2, 0.25) is 0 Å². The lowest BCUT2D eigenvalue weighted by atomic mass is 9.45. The summed E-state index contributed by atoms with van der Waals surface area (Å²) < 4.78 is 0. The Morgan fingerprint density at radius 1 is 0.967 bits per heavy atom. The Bertz CT molecular complexity index is 734. The number of nitrogens with one attached hydrogen (secondary N) is 1. The normalized spacial score (nSPS) is 45.3. The number of ketones is 2. The number of carbonyl (C=O) groups excluding carboxylic acids is 2. The molecule has 1 aliphatic heterocycles. The van der Waals surface area contributed by atoms with Crippen LogP contribution >= 0.6 is 12.4 Å². The van der Waals surface area contributed by atoms with Gasteiger partial charge >= 0.3 is 0 Å². The first kappa shape index (κ1) is 22.3. The largest absolute Gasteiger partial charge is 0.392 e. The van der Waals surface area contributed by atoms with Crippen molar-refractivity contribution in [3.05, 3.63) is 0 Å². The van der Waals surface area contributed by atoms with Crippen LogP contribution in [0, 0.1) is 34.5 Å². The Kier molecular flexibility index (Phi) is 6.08. The highest BCUT2D eigenvalue weighted by molar-refractivity contribution is 5.93. The van der Waals surface area contributed by atoms with E-state index < -0.39 is 0 Å². The number of piperidine rings is 1. The molecule has 30 heavy (non-hydrogen) atoms. The van der Waals surface area contributed by atoms with Crippen LogP contribution in [0.5, 0.6) is 0 Å². The number of hydrogen-bond donors (Lipinski definition) is 1. The number of oxime groups is 1. The van der Waals surface area contributed by atoms with E-state index in [0.717, 1.165) is 76.6 Å². The molecule has 1 N–H and O–H groups in total. The highest BCUT2D eigenvalue weighted by atomic mass is 35.5. The molecule has 6 heteroatoms. The lowest BCUT2D eigenvalue weighted by Crippen LogP contribution is -2.56. The molecule has 0 radical (unpaired) electrons. The van der Waals surface area contributed by atoms with E-state index >= 15 is 0 Å². The molecule has 1 heterocycles. The molecule has 5 rings (SSSR count). The van der Waals surface area contributed by atoms with Crippen LogP contribution in [0.4, 0.5) is 0 Å². The van der Waals surface area contributed by atoms with Gasteiger partial charge in [-0.2, -0.15) is 0 Å². The average Bonchev–Trinajstić information content (AvgIpc) is 3.03. The zero-order valence-electron chi connectivity index (χ0n) is 18.5. The zero-order valence-corrected chi connectivity index (χ0v) is 19.3. The van der Waals surface area contributed by atoms with Crippen LogP contribution < -0.4 is 5.32 Å². The first-order valence-electron chi connectivity index (χ1n) is 11.9. The number of rotatable bonds is 2. The van der Waals surface area contributed by atoms with Gasteiger partial charge in [0.25, 0.3) is 0 Å². The molecule has 1 saturated heterocycles. The molecule has 168 valence electrons. The summed E-state index contributed by atoms with van der Waals surface area (Å²) in [7, 11) is 0. The average molecular weight is 437 g/mol. The van der Waals surface area contributed by atoms with E-state index in [1.54, 1.807) is 0 Å². The van der Waals surface area contributed by atoms with Gasteiger partial charge in [-0.15, -0.1) is 12.4 Å². The van der Waals surface area contributed by atoms with Crippen LogP contribution in [0.25, 0.3) is 0 Å². The third-order valence-corrected chi connectivity index (χ3v) is 9.62. The summed E-state index contributed by atoms with van der Waals surface area (Å²) in [4.78, 5) is 31.8. The maximum absolute atomic E-state index is 13.3. The number of halogens is 1. The van der Waals surface area contributed by atoms with Crippen LogP contribution in [-0.2, 0) is 14.4 Å². The summed E-state index contributed by atoms with van der Waals surface area (Å²) in [5.41, 5.74) is 1.00. The number of carbonyl (C=O) groups is 2. The Balaban J connectivity index is 0.00000218. The van der Waals surface area contributed by atoms with Crippen LogP contribution in [0.1, 0.15) is 78.1 Å². The number of nitrogens with zero attached hydrogens (tertiary/aromatic N) is 1. The zero-order chi connectivity index (χ0) is 20.2. The first-order valence-corrected chi connectivity index (χ1v) is 11.9. The summed E-state index contributed by atoms with van der Waals surface area (Å²) in [5.74, 6) is 2.39. The van der Waals surface area contributed by atoms with Crippen molar-refractivity contribution in [3.63, 3.8) is 0 Å². The Hall–Kier alpha value is -0.940. The van der Waals surface area contributed by atoms with Crippen molar-refractivity contribution >= 4 is 29.7 Å². The number of Topliss-reactive ketones (excluding diaryl/α,β-unsaturated/α-hetero) is 2. The summed E-state index contributed by atoms with van der Waals surface area (Å²) in [6.45, 7) is 6.56. The van der Waals surface area contributed by atoms with Gasteiger partial charge in [-0.1, -0.05) is 19.0 Å². The fraction of sp³-hybridized carbons (Fsp3) is 0.875. The second kappa shape index (κ2) is 8.20. The van der Waals surface area contributed by atoms with Gasteiger partial charge in [0.1, 0.15) is 17.7 Å². The maximum atomic E-state index is 13.3. The van der Waals surface area contributed by atoms with E-state index in [0.29, 0.717) is 35.7 Å². The predicted octanol–water partition coefficient (Wildman–Crippen LogP) is 4.32. The van der Waals surface area contributed by atoms with Gasteiger partial charge in [0.15, 0.2) is 0 Å². The van der Waals surface area contributed by atoms with E-state index in [-0.39, 0.29) is 35.3 Å². The maximum Gasteiger partial charge on any atom is 0.139 e. The highest BCUT2D eigenvalue weighted by Gasteiger charge is 2.62. The summed E-state index contributed by atoms with van der Waals surface area (Å²) in [5, 5.41) is 7.89. The molecule has 6 atom stereocenters. The minimum Gasteiger partial charge on any atom is -0.392 e. The molecule has 5 nitrogen and oxygen atoms in total. The van der Waals surface area contributed by atoms with Crippen molar-refractivity contribution in [2.75, 3.05) is 13.1 Å². The van der Waals surface area contributed by atoms with Gasteiger partial charge in [-0.05, 0) is 87.6 Å². The van der Waals surface area contributed by atoms with Gasteiger partial charge in [0, 0.05) is 24.2 Å². The molecule has 0 spiro atoms. The van der Waals surface area contributed by atoms with Crippen LogP contribution in [0.3, 0.4) is 0 Å². The molecule has 0 aromatic heterocycles. The molecule has 4 saturated carbocycles. The van der Waals surface area contributed by atoms with Crippen LogP contribution in [-0.4, -0.2) is 36.5 Å². The third-order valence-electron chi connectivity index (χ3n) is 9.62. The molecule has 4 aliphatic carbocycles. The predicted molar refractivity (Wildman–Crippen MR) is 119 cm³/mol. The number of hydrogen-bond acceptors (Lipinski definition) is 5. The molecule has 5 aliphatic rings. The summed E-state index contributed by atoms with van der Waals surface area (Å²) in [6, 6.07) is 0. The smallest absolute Gasteiger partial charge is 0.139 e. The van der Waals surface area contributed by atoms with Gasteiger partial charge in [0.05, 0.1) is 5.71 Å². The molecule has 0 bridgehead atoms.